The monoisotopic (exact) mass is 308 g/mol. The summed E-state index contributed by atoms with van der Waals surface area (Å²) in [4.78, 5) is 22.3. The van der Waals surface area contributed by atoms with Gasteiger partial charge in [-0.3, -0.25) is 14.9 Å². The number of nitrogens with one attached hydrogen (secondary N) is 1. The summed E-state index contributed by atoms with van der Waals surface area (Å²) in [6.07, 6.45) is 2.10. The van der Waals surface area contributed by atoms with Gasteiger partial charge in [-0.2, -0.15) is 0 Å². The molecule has 0 radical (unpaired) electrons. The minimum atomic E-state index is -0.620. The van der Waals surface area contributed by atoms with Crippen LogP contribution in [0.3, 0.4) is 0 Å². The zero-order valence-corrected chi connectivity index (χ0v) is 12.0. The van der Waals surface area contributed by atoms with Gasteiger partial charge in [0.15, 0.2) is 0 Å². The highest BCUT2D eigenvalue weighted by Gasteiger charge is 2.17. The zero-order chi connectivity index (χ0) is 15.4. The summed E-state index contributed by atoms with van der Waals surface area (Å²) in [6, 6.07) is 7.37. The first kappa shape index (κ1) is 15.1. The number of hydrogen-bond acceptors (Lipinski definition) is 4. The van der Waals surface area contributed by atoms with Gasteiger partial charge < -0.3 is 9.73 Å². The molecule has 7 heteroatoms. The lowest BCUT2D eigenvalue weighted by Crippen LogP contribution is -2.34. The van der Waals surface area contributed by atoms with Gasteiger partial charge in [0.1, 0.15) is 10.8 Å². The van der Waals surface area contributed by atoms with Gasteiger partial charge in [0.2, 0.25) is 0 Å². The molecule has 1 aromatic carbocycles. The molecule has 0 bridgehead atoms. The maximum absolute atomic E-state index is 12.1. The molecular weight excluding hydrogens is 296 g/mol. The molecule has 0 aliphatic rings. The Balaban J connectivity index is 2.06. The lowest BCUT2D eigenvalue weighted by Gasteiger charge is -2.12. The third-order valence-electron chi connectivity index (χ3n) is 2.87. The Morgan fingerprint density at radius 1 is 1.48 bits per heavy atom. The minimum Gasteiger partial charge on any atom is -0.469 e. The van der Waals surface area contributed by atoms with E-state index in [-0.39, 0.29) is 22.3 Å². The van der Waals surface area contributed by atoms with E-state index < -0.39 is 10.8 Å². The average Bonchev–Trinajstić information content (AvgIpc) is 2.91. The maximum atomic E-state index is 12.1. The molecule has 0 saturated heterocycles. The molecule has 1 atom stereocenters. The van der Waals surface area contributed by atoms with Crippen LogP contribution in [0.15, 0.2) is 41.0 Å². The Kier molecular flexibility index (Phi) is 4.59. The van der Waals surface area contributed by atoms with E-state index in [0.29, 0.717) is 6.42 Å². The third kappa shape index (κ3) is 3.82. The first-order valence-electron chi connectivity index (χ1n) is 6.24. The highest BCUT2D eigenvalue weighted by Crippen LogP contribution is 2.25. The van der Waals surface area contributed by atoms with Crippen molar-refractivity contribution >= 4 is 23.2 Å². The number of amides is 1. The molecule has 0 saturated carbocycles. The van der Waals surface area contributed by atoms with Crippen LogP contribution in [0, 0.1) is 10.1 Å². The molecule has 0 aliphatic carbocycles. The normalized spacial score (nSPS) is 11.9. The van der Waals surface area contributed by atoms with Crippen molar-refractivity contribution in [1.82, 2.24) is 5.32 Å². The Morgan fingerprint density at radius 2 is 2.24 bits per heavy atom. The summed E-state index contributed by atoms with van der Waals surface area (Å²) in [5.74, 6) is 0.360. The topological polar surface area (TPSA) is 85.4 Å². The van der Waals surface area contributed by atoms with Crippen LogP contribution in [0.5, 0.6) is 0 Å². The van der Waals surface area contributed by atoms with E-state index in [1.165, 1.54) is 12.1 Å². The number of carbonyl (C=O) groups excluding carboxylic acids is 1. The molecule has 1 amide bonds. The van der Waals surface area contributed by atoms with E-state index in [1.807, 2.05) is 13.0 Å². The van der Waals surface area contributed by atoms with Crippen molar-refractivity contribution in [3.8, 4) is 0 Å². The molecule has 1 aromatic heterocycles. The van der Waals surface area contributed by atoms with Crippen molar-refractivity contribution < 1.29 is 14.1 Å². The first-order chi connectivity index (χ1) is 9.97. The van der Waals surface area contributed by atoms with Crippen LogP contribution in [0.1, 0.15) is 23.0 Å². The van der Waals surface area contributed by atoms with Crippen molar-refractivity contribution in [2.75, 3.05) is 0 Å². The summed E-state index contributed by atoms with van der Waals surface area (Å²) in [5, 5.41) is 13.6. The second-order valence-electron chi connectivity index (χ2n) is 4.58. The van der Waals surface area contributed by atoms with Gasteiger partial charge in [-0.25, -0.2) is 0 Å². The fourth-order valence-corrected chi connectivity index (χ4v) is 2.07. The number of halogens is 1. The summed E-state index contributed by atoms with van der Waals surface area (Å²) >= 11 is 5.71. The van der Waals surface area contributed by atoms with Crippen molar-refractivity contribution in [3.05, 3.63) is 63.1 Å². The number of rotatable bonds is 5. The van der Waals surface area contributed by atoms with Gasteiger partial charge in [0.25, 0.3) is 11.6 Å². The molecular formula is C14H13ClN2O4. The molecule has 2 aromatic rings. The second-order valence-corrected chi connectivity index (χ2v) is 4.99. The van der Waals surface area contributed by atoms with Crippen LogP contribution >= 0.6 is 11.6 Å². The molecule has 0 aliphatic heterocycles. The molecule has 0 fully saturated rings. The maximum Gasteiger partial charge on any atom is 0.288 e. The van der Waals surface area contributed by atoms with Gasteiger partial charge in [-0.15, -0.1) is 0 Å². The molecule has 0 spiro atoms. The van der Waals surface area contributed by atoms with Crippen LogP contribution in [0.25, 0.3) is 0 Å². The fraction of sp³-hybridized carbons (Fsp3) is 0.214. The quantitative estimate of drug-likeness (QED) is 0.679. The van der Waals surface area contributed by atoms with Crippen LogP contribution < -0.4 is 5.32 Å². The average molecular weight is 309 g/mol. The minimum absolute atomic E-state index is 0.000170. The molecule has 1 heterocycles. The number of carbonyl (C=O) groups is 1. The number of furan rings is 1. The van der Waals surface area contributed by atoms with Gasteiger partial charge >= 0.3 is 0 Å². The molecule has 2 rings (SSSR count). The largest absolute Gasteiger partial charge is 0.469 e. The lowest BCUT2D eigenvalue weighted by atomic mass is 10.1. The van der Waals surface area contributed by atoms with Crippen molar-refractivity contribution in [2.45, 2.75) is 19.4 Å². The van der Waals surface area contributed by atoms with Gasteiger partial charge in [-0.1, -0.05) is 11.6 Å². The van der Waals surface area contributed by atoms with E-state index in [2.05, 4.69) is 5.32 Å². The predicted molar refractivity (Wildman–Crippen MR) is 77.4 cm³/mol. The summed E-state index contributed by atoms with van der Waals surface area (Å²) in [6.45, 7) is 1.82. The van der Waals surface area contributed by atoms with E-state index in [4.69, 9.17) is 16.0 Å². The van der Waals surface area contributed by atoms with Crippen LogP contribution in [0.4, 0.5) is 5.69 Å². The number of nitrogens with zero attached hydrogens (tertiary/aromatic N) is 1. The Bertz CT molecular complexity index is 655. The zero-order valence-electron chi connectivity index (χ0n) is 11.2. The van der Waals surface area contributed by atoms with Gasteiger partial charge in [0, 0.05) is 24.1 Å². The van der Waals surface area contributed by atoms with Crippen LogP contribution in [0.2, 0.25) is 5.02 Å². The summed E-state index contributed by atoms with van der Waals surface area (Å²) in [5.41, 5.74) is -0.0969. The van der Waals surface area contributed by atoms with Crippen LogP contribution in [-0.2, 0) is 6.42 Å². The number of hydrogen-bond donors (Lipinski definition) is 1. The standard InChI is InChI=1S/C14H13ClN2O4/c1-9(7-11-3-2-6-21-11)16-14(18)10-4-5-12(15)13(8-10)17(19)20/h2-6,8-9H,7H2,1H3,(H,16,18). The Labute approximate surface area is 125 Å². The van der Waals surface area contributed by atoms with Gasteiger partial charge in [-0.05, 0) is 31.2 Å². The third-order valence-corrected chi connectivity index (χ3v) is 3.19. The van der Waals surface area contributed by atoms with Crippen molar-refractivity contribution in [1.29, 1.82) is 0 Å². The second kappa shape index (κ2) is 6.41. The first-order valence-corrected chi connectivity index (χ1v) is 6.62. The fourth-order valence-electron chi connectivity index (χ4n) is 1.88. The molecule has 21 heavy (non-hydrogen) atoms. The van der Waals surface area contributed by atoms with Crippen molar-refractivity contribution in [3.63, 3.8) is 0 Å². The van der Waals surface area contributed by atoms with Crippen molar-refractivity contribution in [2.24, 2.45) is 0 Å². The SMILES string of the molecule is CC(Cc1ccco1)NC(=O)c1ccc(Cl)c([N+](=O)[O-])c1. The van der Waals surface area contributed by atoms with Crippen LogP contribution in [-0.4, -0.2) is 16.9 Å². The summed E-state index contributed by atoms with van der Waals surface area (Å²) in [7, 11) is 0. The predicted octanol–water partition coefficient (Wildman–Crippen LogP) is 3.20. The lowest BCUT2D eigenvalue weighted by molar-refractivity contribution is -0.384. The number of benzene rings is 1. The highest BCUT2D eigenvalue weighted by molar-refractivity contribution is 6.32. The number of nitro groups is 1. The molecule has 110 valence electrons. The number of nitro benzene ring substituents is 1. The Morgan fingerprint density at radius 3 is 2.86 bits per heavy atom. The van der Waals surface area contributed by atoms with E-state index >= 15 is 0 Å². The Hall–Kier alpha value is -2.34. The molecule has 1 N–H and O–H groups in total. The van der Waals surface area contributed by atoms with Gasteiger partial charge in [0.05, 0.1) is 11.2 Å². The molecule has 6 nitrogen and oxygen atoms in total. The summed E-state index contributed by atoms with van der Waals surface area (Å²) < 4.78 is 5.20. The molecule has 1 unspecified atom stereocenters. The smallest absolute Gasteiger partial charge is 0.288 e. The van der Waals surface area contributed by atoms with E-state index in [9.17, 15) is 14.9 Å². The van der Waals surface area contributed by atoms with E-state index in [1.54, 1.807) is 12.3 Å². The van der Waals surface area contributed by atoms with E-state index in [0.717, 1.165) is 11.8 Å². The highest BCUT2D eigenvalue weighted by atomic mass is 35.5.